The van der Waals surface area contributed by atoms with E-state index in [4.69, 9.17) is 22.5 Å². The van der Waals surface area contributed by atoms with Gasteiger partial charge in [0.1, 0.15) is 0 Å². The van der Waals surface area contributed by atoms with Gasteiger partial charge in [0.15, 0.2) is 0 Å². The Balaban J connectivity index is -0.000000809. The summed E-state index contributed by atoms with van der Waals surface area (Å²) in [6.07, 6.45) is 5.19. The van der Waals surface area contributed by atoms with Crippen LogP contribution in [0.25, 0.3) is 0 Å². The number of allylic oxidation sites excluding steroid dienone is 3. The van der Waals surface area contributed by atoms with Crippen LogP contribution in [-0.2, 0) is 0 Å². The molecule has 18 heavy (non-hydrogen) atoms. The third-order valence-corrected chi connectivity index (χ3v) is 2.74. The summed E-state index contributed by atoms with van der Waals surface area (Å²) < 4.78 is 0. The molecule has 0 bridgehead atoms. The van der Waals surface area contributed by atoms with Crippen molar-refractivity contribution in [3.63, 3.8) is 0 Å². The summed E-state index contributed by atoms with van der Waals surface area (Å²) in [7, 11) is 1.50. The second-order valence-electron chi connectivity index (χ2n) is 3.81. The van der Waals surface area contributed by atoms with Crippen LogP contribution in [0.4, 0.5) is 0 Å². The van der Waals surface area contributed by atoms with Gasteiger partial charge in [-0.15, -0.1) is 0 Å². The van der Waals surface area contributed by atoms with E-state index < -0.39 is 5.41 Å². The lowest BCUT2D eigenvalue weighted by Crippen LogP contribution is -2.35. The molecule has 0 saturated carbocycles. The van der Waals surface area contributed by atoms with Gasteiger partial charge >= 0.3 is 0 Å². The van der Waals surface area contributed by atoms with Crippen molar-refractivity contribution in [3.8, 4) is 6.07 Å². The van der Waals surface area contributed by atoms with Crippen molar-refractivity contribution in [2.24, 2.45) is 28.3 Å². The molecular weight excluding hydrogens is 226 g/mol. The maximum absolute atomic E-state index is 8.85. The smallest absolute Gasteiger partial charge is 0.0962 e. The second kappa shape index (κ2) is 9.28. The highest BCUT2D eigenvalue weighted by atomic mass is 14.7. The van der Waals surface area contributed by atoms with E-state index in [1.54, 1.807) is 6.92 Å². The summed E-state index contributed by atoms with van der Waals surface area (Å²) in [6.45, 7) is 5.73. The van der Waals surface area contributed by atoms with E-state index in [2.05, 4.69) is 5.73 Å². The minimum Gasteiger partial charge on any atom is -0.404 e. The molecular formula is C13H27N5. The first kappa shape index (κ1) is 18.6. The van der Waals surface area contributed by atoms with Crippen molar-refractivity contribution in [1.82, 2.24) is 0 Å². The second-order valence-corrected chi connectivity index (χ2v) is 3.81. The summed E-state index contributed by atoms with van der Waals surface area (Å²) in [5, 5.41) is 8.85. The van der Waals surface area contributed by atoms with Crippen LogP contribution in [0.2, 0.25) is 0 Å². The molecule has 104 valence electrons. The summed E-state index contributed by atoms with van der Waals surface area (Å²) in [4.78, 5) is 0. The Labute approximate surface area is 111 Å². The normalized spacial score (nSPS) is 16.2. The van der Waals surface area contributed by atoms with E-state index in [1.165, 1.54) is 13.2 Å². The molecule has 8 N–H and O–H groups in total. The van der Waals surface area contributed by atoms with E-state index in [9.17, 15) is 0 Å². The first-order valence-corrected chi connectivity index (χ1v) is 5.67. The summed E-state index contributed by atoms with van der Waals surface area (Å²) in [5.74, 6) is 0. The minimum absolute atomic E-state index is 0. The lowest BCUT2D eigenvalue weighted by Gasteiger charge is -2.30. The monoisotopic (exact) mass is 253 g/mol. The Morgan fingerprint density at radius 2 is 1.94 bits per heavy atom. The molecule has 0 saturated heterocycles. The van der Waals surface area contributed by atoms with Crippen molar-refractivity contribution in [3.05, 3.63) is 35.2 Å². The van der Waals surface area contributed by atoms with E-state index in [1.807, 2.05) is 32.1 Å². The number of nitrogens with zero attached hydrogens (tertiary/aromatic N) is 1. The molecule has 0 fully saturated rings. The third kappa shape index (κ3) is 4.24. The predicted molar refractivity (Wildman–Crippen MR) is 79.0 cm³/mol. The highest BCUT2D eigenvalue weighted by Crippen LogP contribution is 2.33. The zero-order valence-corrected chi connectivity index (χ0v) is 11.7. The summed E-state index contributed by atoms with van der Waals surface area (Å²) >= 11 is 0. The Kier molecular flexibility index (Phi) is 9.58. The Hall–Kier alpha value is -1.77. The molecule has 0 aromatic rings. The highest BCUT2D eigenvalue weighted by molar-refractivity contribution is 5.39. The van der Waals surface area contributed by atoms with E-state index in [-0.39, 0.29) is 1.43 Å². The fourth-order valence-corrected chi connectivity index (χ4v) is 1.46. The number of nitrogens with two attached hydrogens (primary N) is 4. The van der Waals surface area contributed by atoms with Gasteiger partial charge in [-0.2, -0.15) is 5.26 Å². The Morgan fingerprint density at radius 3 is 2.22 bits per heavy atom. The molecule has 0 rings (SSSR count). The minimum atomic E-state index is -0.596. The molecule has 5 heteroatoms. The van der Waals surface area contributed by atoms with Crippen molar-refractivity contribution in [2.45, 2.75) is 20.8 Å². The van der Waals surface area contributed by atoms with Crippen molar-refractivity contribution in [2.75, 3.05) is 13.6 Å². The molecule has 1 atom stereocenters. The lowest BCUT2D eigenvalue weighted by atomic mass is 9.77. The summed E-state index contributed by atoms with van der Waals surface area (Å²) in [5.41, 5.74) is 22.9. The van der Waals surface area contributed by atoms with Crippen LogP contribution in [0.3, 0.4) is 0 Å². The highest BCUT2D eigenvalue weighted by Gasteiger charge is 2.30. The molecule has 0 aliphatic rings. The fraction of sp³-hybridized carbons (Fsp3) is 0.462. The van der Waals surface area contributed by atoms with E-state index >= 15 is 0 Å². The number of rotatable bonds is 4. The molecule has 0 aliphatic carbocycles. The first-order chi connectivity index (χ1) is 8.47. The van der Waals surface area contributed by atoms with Crippen LogP contribution in [-0.4, -0.2) is 13.6 Å². The number of nitriles is 1. The Morgan fingerprint density at radius 1 is 1.44 bits per heavy atom. The summed E-state index contributed by atoms with van der Waals surface area (Å²) in [6, 6.07) is 2.03. The van der Waals surface area contributed by atoms with Crippen molar-refractivity contribution >= 4 is 0 Å². The molecule has 0 heterocycles. The molecule has 0 aliphatic heterocycles. The lowest BCUT2D eigenvalue weighted by molar-refractivity contribution is 0.493. The van der Waals surface area contributed by atoms with Gasteiger partial charge in [-0.1, -0.05) is 12.2 Å². The topological polar surface area (TPSA) is 128 Å². The Bertz CT molecular complexity index is 379. The van der Waals surface area contributed by atoms with Crippen LogP contribution >= 0.6 is 0 Å². The molecule has 0 aromatic heterocycles. The van der Waals surface area contributed by atoms with Crippen LogP contribution in [0, 0.1) is 16.7 Å². The standard InChI is InChI=1S/C12H20N4.CH5N.H2/c1-4-5-10(7-14)12(3,8-15)11(16)9(2)6-13;1-2;/h4-5,7H,8,14-16H2,1-3H3;2H2,1H3;1H/b5-4-,10-7+,11-9+;;. The molecule has 1 unspecified atom stereocenters. The van der Waals surface area contributed by atoms with Gasteiger partial charge in [-0.05, 0) is 39.6 Å². The average molecular weight is 253 g/mol. The maximum Gasteiger partial charge on any atom is 0.0962 e. The predicted octanol–water partition coefficient (Wildman–Crippen LogP) is 0.947. The third-order valence-electron chi connectivity index (χ3n) is 2.74. The first-order valence-electron chi connectivity index (χ1n) is 5.67. The van der Waals surface area contributed by atoms with Gasteiger partial charge in [-0.3, -0.25) is 0 Å². The average Bonchev–Trinajstić information content (AvgIpc) is 2.44. The molecule has 0 amide bonds. The van der Waals surface area contributed by atoms with Crippen LogP contribution < -0.4 is 22.9 Å². The van der Waals surface area contributed by atoms with Gasteiger partial charge in [-0.25, -0.2) is 0 Å². The SMILES string of the molecule is C/C=C\C(=C/N)C(C)(CN)/C(N)=C(/C)C#N.CN.[HH]. The van der Waals surface area contributed by atoms with Crippen LogP contribution in [0.15, 0.2) is 35.2 Å². The van der Waals surface area contributed by atoms with Crippen LogP contribution in [0.1, 0.15) is 22.2 Å². The molecule has 0 radical (unpaired) electrons. The van der Waals surface area contributed by atoms with Gasteiger partial charge in [0.05, 0.1) is 6.07 Å². The maximum atomic E-state index is 8.85. The van der Waals surface area contributed by atoms with E-state index in [0.29, 0.717) is 17.8 Å². The van der Waals surface area contributed by atoms with Crippen molar-refractivity contribution < 1.29 is 1.43 Å². The van der Waals surface area contributed by atoms with Gasteiger partial charge in [0.25, 0.3) is 0 Å². The quantitative estimate of drug-likeness (QED) is 0.438. The molecule has 0 spiro atoms. The van der Waals surface area contributed by atoms with Crippen LogP contribution in [0.5, 0.6) is 0 Å². The van der Waals surface area contributed by atoms with E-state index in [0.717, 1.165) is 5.57 Å². The van der Waals surface area contributed by atoms with Gasteiger partial charge < -0.3 is 22.9 Å². The largest absolute Gasteiger partial charge is 0.404 e. The van der Waals surface area contributed by atoms with Gasteiger partial charge in [0, 0.05) is 24.7 Å². The fourth-order valence-electron chi connectivity index (χ4n) is 1.46. The number of hydrogen-bond acceptors (Lipinski definition) is 5. The zero-order chi connectivity index (χ0) is 14.8. The molecule has 0 aromatic carbocycles. The van der Waals surface area contributed by atoms with Crippen molar-refractivity contribution in [1.29, 1.82) is 5.26 Å². The number of hydrogen-bond donors (Lipinski definition) is 4. The zero-order valence-electron chi connectivity index (χ0n) is 11.7. The van der Waals surface area contributed by atoms with Gasteiger partial charge in [0.2, 0.25) is 0 Å². The molecule has 5 nitrogen and oxygen atoms in total.